The van der Waals surface area contributed by atoms with Gasteiger partial charge in [0.1, 0.15) is 5.82 Å². The first kappa shape index (κ1) is 15.0. The number of piperazine rings is 1. The average Bonchev–Trinajstić information content (AvgIpc) is 2.39. The van der Waals surface area contributed by atoms with Gasteiger partial charge in [0.05, 0.1) is 11.4 Å². The van der Waals surface area contributed by atoms with Crippen molar-refractivity contribution in [3.8, 4) is 0 Å². The minimum absolute atomic E-state index is 0.0330. The molecule has 0 spiro atoms. The highest BCUT2D eigenvalue weighted by molar-refractivity contribution is 7.87. The highest BCUT2D eigenvalue weighted by Crippen LogP contribution is 2.26. The van der Waals surface area contributed by atoms with E-state index < -0.39 is 16.1 Å². The van der Waals surface area contributed by atoms with Crippen LogP contribution >= 0.6 is 0 Å². The van der Waals surface area contributed by atoms with Crippen LogP contribution in [0, 0.1) is 5.82 Å². The van der Waals surface area contributed by atoms with E-state index in [2.05, 4.69) is 5.32 Å². The van der Waals surface area contributed by atoms with Crippen LogP contribution in [-0.2, 0) is 10.3 Å². The molecule has 0 saturated carbocycles. The zero-order chi connectivity index (χ0) is 14.8. The lowest BCUT2D eigenvalue weighted by Gasteiger charge is -2.30. The van der Waals surface area contributed by atoms with Gasteiger partial charge in [-0.2, -0.15) is 8.42 Å². The molecule has 112 valence electrons. The smallest absolute Gasteiger partial charge is 0.359 e. The predicted molar refractivity (Wildman–Crippen MR) is 76.1 cm³/mol. The second kappa shape index (κ2) is 5.94. The molecule has 8 heteroatoms. The van der Waals surface area contributed by atoms with Gasteiger partial charge in [-0.1, -0.05) is 0 Å². The Bertz CT molecular complexity index is 573. The van der Waals surface area contributed by atoms with Crippen LogP contribution in [-0.4, -0.2) is 45.7 Å². The van der Waals surface area contributed by atoms with Gasteiger partial charge in [0.25, 0.3) is 0 Å². The highest BCUT2D eigenvalue weighted by Gasteiger charge is 2.20. The van der Waals surface area contributed by atoms with Gasteiger partial charge in [0.2, 0.25) is 0 Å². The summed E-state index contributed by atoms with van der Waals surface area (Å²) in [6.45, 7) is 4.57. The van der Waals surface area contributed by atoms with Crippen LogP contribution in [0.25, 0.3) is 0 Å². The molecule has 1 aliphatic heterocycles. The minimum Gasteiger partial charge on any atom is -0.367 e. The number of anilines is 2. The molecular weight excluding hydrogens is 285 g/mol. The SMILES string of the molecule is CCN(c1ccc(N2CCNCC2)c(F)c1)S(=O)(=O)O. The van der Waals surface area contributed by atoms with Gasteiger partial charge in [-0.3, -0.25) is 4.55 Å². The molecule has 0 radical (unpaired) electrons. The fourth-order valence-corrected chi connectivity index (χ4v) is 3.00. The maximum absolute atomic E-state index is 14.2. The molecule has 1 aromatic carbocycles. The van der Waals surface area contributed by atoms with E-state index in [1.807, 2.05) is 4.90 Å². The number of hydrogen-bond acceptors (Lipinski definition) is 4. The van der Waals surface area contributed by atoms with Crippen LogP contribution in [0.5, 0.6) is 0 Å². The van der Waals surface area contributed by atoms with E-state index in [0.717, 1.165) is 23.5 Å². The molecule has 1 aromatic rings. The maximum Gasteiger partial charge on any atom is 0.359 e. The number of nitrogens with zero attached hydrogens (tertiary/aromatic N) is 2. The molecule has 1 saturated heterocycles. The van der Waals surface area contributed by atoms with E-state index in [9.17, 15) is 12.8 Å². The number of nitrogens with one attached hydrogen (secondary N) is 1. The van der Waals surface area contributed by atoms with Gasteiger partial charge in [0.15, 0.2) is 0 Å². The summed E-state index contributed by atoms with van der Waals surface area (Å²) in [6.07, 6.45) is 0. The lowest BCUT2D eigenvalue weighted by molar-refractivity contribution is 0.478. The second-order valence-corrected chi connectivity index (χ2v) is 5.85. The van der Waals surface area contributed by atoms with Crippen molar-refractivity contribution in [3.63, 3.8) is 0 Å². The Hall–Kier alpha value is -1.38. The van der Waals surface area contributed by atoms with Crippen LogP contribution in [0.1, 0.15) is 6.92 Å². The first-order valence-electron chi connectivity index (χ1n) is 6.44. The fraction of sp³-hybridized carbons (Fsp3) is 0.500. The topological polar surface area (TPSA) is 72.9 Å². The fourth-order valence-electron chi connectivity index (χ4n) is 2.29. The molecule has 0 amide bonds. The van der Waals surface area contributed by atoms with E-state index in [1.54, 1.807) is 13.0 Å². The van der Waals surface area contributed by atoms with Gasteiger partial charge >= 0.3 is 10.3 Å². The Labute approximate surface area is 118 Å². The van der Waals surface area contributed by atoms with Crippen LogP contribution in [0.4, 0.5) is 15.8 Å². The van der Waals surface area contributed by atoms with Crippen molar-refractivity contribution < 1.29 is 17.4 Å². The first-order valence-corrected chi connectivity index (χ1v) is 7.83. The van der Waals surface area contributed by atoms with E-state index in [4.69, 9.17) is 4.55 Å². The van der Waals surface area contributed by atoms with Gasteiger partial charge in [-0.05, 0) is 19.1 Å². The molecule has 6 nitrogen and oxygen atoms in total. The van der Waals surface area contributed by atoms with Gasteiger partial charge in [-0.25, -0.2) is 8.70 Å². The third-order valence-electron chi connectivity index (χ3n) is 3.24. The Balaban J connectivity index is 2.29. The molecule has 20 heavy (non-hydrogen) atoms. The van der Waals surface area contributed by atoms with Crippen LogP contribution in [0.3, 0.4) is 0 Å². The number of halogens is 1. The summed E-state index contributed by atoms with van der Waals surface area (Å²) >= 11 is 0. The largest absolute Gasteiger partial charge is 0.367 e. The van der Waals surface area contributed by atoms with E-state index in [0.29, 0.717) is 18.8 Å². The zero-order valence-electron chi connectivity index (χ0n) is 11.2. The lowest BCUT2D eigenvalue weighted by atomic mass is 10.2. The van der Waals surface area contributed by atoms with Crippen molar-refractivity contribution in [2.75, 3.05) is 41.9 Å². The molecule has 0 aromatic heterocycles. The van der Waals surface area contributed by atoms with Crippen molar-refractivity contribution in [3.05, 3.63) is 24.0 Å². The molecule has 0 unspecified atom stereocenters. The van der Waals surface area contributed by atoms with Crippen LogP contribution in [0.15, 0.2) is 18.2 Å². The van der Waals surface area contributed by atoms with Crippen LogP contribution in [0.2, 0.25) is 0 Å². The Morgan fingerprint density at radius 1 is 1.40 bits per heavy atom. The van der Waals surface area contributed by atoms with Crippen LogP contribution < -0.4 is 14.5 Å². The van der Waals surface area contributed by atoms with Crippen molar-refractivity contribution in [2.45, 2.75) is 6.92 Å². The number of hydrogen-bond donors (Lipinski definition) is 2. The molecular formula is C12H18FN3O3S. The second-order valence-electron chi connectivity index (χ2n) is 4.52. The summed E-state index contributed by atoms with van der Waals surface area (Å²) in [5.41, 5.74) is 0.563. The molecule has 0 bridgehead atoms. The zero-order valence-corrected chi connectivity index (χ0v) is 12.0. The predicted octanol–water partition coefficient (Wildman–Crippen LogP) is 0.864. The molecule has 1 aliphatic rings. The third kappa shape index (κ3) is 3.20. The summed E-state index contributed by atoms with van der Waals surface area (Å²) in [6, 6.07) is 4.18. The summed E-state index contributed by atoms with van der Waals surface area (Å²) in [4.78, 5) is 1.90. The summed E-state index contributed by atoms with van der Waals surface area (Å²) in [7, 11) is -4.38. The molecule has 0 atom stereocenters. The number of benzene rings is 1. The molecule has 2 rings (SSSR count). The van der Waals surface area contributed by atoms with Gasteiger partial charge in [0, 0.05) is 38.8 Å². The Morgan fingerprint density at radius 2 is 2.05 bits per heavy atom. The van der Waals surface area contributed by atoms with Gasteiger partial charge in [-0.15, -0.1) is 0 Å². The molecule has 1 fully saturated rings. The standard InChI is InChI=1S/C12H18FN3O3S/c1-2-16(20(17,18)19)10-3-4-12(11(13)9-10)15-7-5-14-6-8-15/h3-4,9,14H,2,5-8H2,1H3,(H,17,18,19). The van der Waals surface area contributed by atoms with E-state index in [-0.39, 0.29) is 12.2 Å². The maximum atomic E-state index is 14.2. The highest BCUT2D eigenvalue weighted by atomic mass is 32.2. The van der Waals surface area contributed by atoms with Crippen molar-refractivity contribution in [1.82, 2.24) is 5.32 Å². The summed E-state index contributed by atoms with van der Waals surface area (Å²) in [5, 5.41) is 3.18. The summed E-state index contributed by atoms with van der Waals surface area (Å²) in [5.74, 6) is -0.494. The lowest BCUT2D eigenvalue weighted by Crippen LogP contribution is -2.43. The van der Waals surface area contributed by atoms with E-state index >= 15 is 0 Å². The first-order chi connectivity index (χ1) is 9.43. The quantitative estimate of drug-likeness (QED) is 0.807. The van der Waals surface area contributed by atoms with Crippen molar-refractivity contribution >= 4 is 21.7 Å². The summed E-state index contributed by atoms with van der Waals surface area (Å²) < 4.78 is 46.4. The molecule has 0 aliphatic carbocycles. The van der Waals surface area contributed by atoms with E-state index in [1.165, 1.54) is 6.07 Å². The Morgan fingerprint density at radius 3 is 2.55 bits per heavy atom. The third-order valence-corrected chi connectivity index (χ3v) is 4.27. The normalized spacial score (nSPS) is 16.2. The minimum atomic E-state index is -4.38. The Kier molecular flexibility index (Phi) is 4.46. The number of rotatable bonds is 4. The van der Waals surface area contributed by atoms with Gasteiger partial charge < -0.3 is 10.2 Å². The average molecular weight is 303 g/mol. The molecule has 2 N–H and O–H groups in total. The monoisotopic (exact) mass is 303 g/mol. The van der Waals surface area contributed by atoms with Crippen molar-refractivity contribution in [1.29, 1.82) is 0 Å². The van der Waals surface area contributed by atoms with Crippen molar-refractivity contribution in [2.24, 2.45) is 0 Å². The molecule has 1 heterocycles.